The third kappa shape index (κ3) is 3.45. The number of aromatic nitrogens is 3. The van der Waals surface area contributed by atoms with Crippen molar-refractivity contribution in [3.05, 3.63) is 41.3 Å². The molecule has 0 atom stereocenters. The Labute approximate surface area is 157 Å². The van der Waals surface area contributed by atoms with E-state index in [1.807, 2.05) is 32.0 Å². The molecule has 7 nitrogen and oxygen atoms in total. The Morgan fingerprint density at radius 3 is 2.56 bits per heavy atom. The molecule has 2 heterocycles. The SMILES string of the molecule is CCOC(=O)Cc1c(C)nc2c(-c3ccc(OC)c(OC)c3)cnn2c1C. The second-order valence-electron chi connectivity index (χ2n) is 6.11. The molecule has 7 heteroatoms. The normalized spacial score (nSPS) is 10.9. The van der Waals surface area contributed by atoms with Crippen molar-refractivity contribution < 1.29 is 19.0 Å². The molecule has 3 rings (SSSR count). The van der Waals surface area contributed by atoms with Gasteiger partial charge in [-0.15, -0.1) is 0 Å². The predicted octanol–water partition coefficient (Wildman–Crippen LogP) is 3.14. The van der Waals surface area contributed by atoms with Crippen LogP contribution in [-0.2, 0) is 16.0 Å². The van der Waals surface area contributed by atoms with Gasteiger partial charge in [-0.2, -0.15) is 5.10 Å². The number of aryl methyl sites for hydroxylation is 2. The Balaban J connectivity index is 2.09. The van der Waals surface area contributed by atoms with Gasteiger partial charge in [0.25, 0.3) is 0 Å². The molecule has 0 N–H and O–H groups in total. The first-order chi connectivity index (χ1) is 13.0. The quantitative estimate of drug-likeness (QED) is 0.622. The van der Waals surface area contributed by atoms with Crippen molar-refractivity contribution in [1.82, 2.24) is 14.6 Å². The highest BCUT2D eigenvalue weighted by atomic mass is 16.5. The van der Waals surface area contributed by atoms with E-state index in [1.165, 1.54) is 0 Å². The zero-order valence-corrected chi connectivity index (χ0v) is 16.2. The molecule has 0 saturated heterocycles. The zero-order chi connectivity index (χ0) is 19.6. The van der Waals surface area contributed by atoms with Crippen LogP contribution in [-0.4, -0.2) is 41.4 Å². The summed E-state index contributed by atoms with van der Waals surface area (Å²) in [5, 5.41) is 4.48. The van der Waals surface area contributed by atoms with E-state index in [0.717, 1.165) is 33.7 Å². The van der Waals surface area contributed by atoms with Gasteiger partial charge in [0.1, 0.15) is 0 Å². The summed E-state index contributed by atoms with van der Waals surface area (Å²) in [4.78, 5) is 16.6. The predicted molar refractivity (Wildman–Crippen MR) is 101 cm³/mol. The highest BCUT2D eigenvalue weighted by Gasteiger charge is 2.18. The fraction of sp³-hybridized carbons (Fsp3) is 0.350. The van der Waals surface area contributed by atoms with E-state index in [2.05, 4.69) is 5.10 Å². The number of rotatable bonds is 6. The number of esters is 1. The third-order valence-corrected chi connectivity index (χ3v) is 4.53. The Morgan fingerprint density at radius 2 is 1.89 bits per heavy atom. The molecule has 0 fully saturated rings. The summed E-state index contributed by atoms with van der Waals surface area (Å²) in [7, 11) is 3.21. The lowest BCUT2D eigenvalue weighted by Crippen LogP contribution is -2.13. The molecule has 0 bridgehead atoms. The van der Waals surface area contributed by atoms with Gasteiger partial charge in [0.05, 0.1) is 33.4 Å². The second kappa shape index (κ2) is 7.65. The van der Waals surface area contributed by atoms with Crippen LogP contribution in [0.15, 0.2) is 24.4 Å². The fourth-order valence-electron chi connectivity index (χ4n) is 3.13. The van der Waals surface area contributed by atoms with E-state index in [0.29, 0.717) is 18.1 Å². The van der Waals surface area contributed by atoms with Crippen LogP contribution in [0.4, 0.5) is 0 Å². The molecule has 3 aromatic rings. The van der Waals surface area contributed by atoms with E-state index >= 15 is 0 Å². The monoisotopic (exact) mass is 369 g/mol. The standard InChI is InChI=1S/C20H23N3O4/c1-6-27-19(24)10-15-12(2)22-20-16(11-21-23(20)13(15)3)14-7-8-17(25-4)18(9-14)26-5/h7-9,11H,6,10H2,1-5H3. The van der Waals surface area contributed by atoms with Crippen LogP contribution < -0.4 is 9.47 Å². The second-order valence-corrected chi connectivity index (χ2v) is 6.11. The van der Waals surface area contributed by atoms with E-state index in [4.69, 9.17) is 19.2 Å². The average Bonchev–Trinajstić information content (AvgIpc) is 3.08. The minimum absolute atomic E-state index is 0.181. The van der Waals surface area contributed by atoms with Crippen molar-refractivity contribution in [3.8, 4) is 22.6 Å². The molecule has 0 amide bonds. The first kappa shape index (κ1) is 18.7. The van der Waals surface area contributed by atoms with Gasteiger partial charge in [-0.1, -0.05) is 6.07 Å². The first-order valence-electron chi connectivity index (χ1n) is 8.72. The summed E-state index contributed by atoms with van der Waals surface area (Å²) in [5.74, 6) is 1.04. The van der Waals surface area contributed by atoms with Crippen LogP contribution >= 0.6 is 0 Å². The van der Waals surface area contributed by atoms with Crippen LogP contribution in [0.5, 0.6) is 11.5 Å². The summed E-state index contributed by atoms with van der Waals surface area (Å²) >= 11 is 0. The first-order valence-corrected chi connectivity index (χ1v) is 8.72. The van der Waals surface area contributed by atoms with E-state index in [-0.39, 0.29) is 12.4 Å². The number of methoxy groups -OCH3 is 2. The maximum absolute atomic E-state index is 11.9. The van der Waals surface area contributed by atoms with Gasteiger partial charge in [-0.25, -0.2) is 9.50 Å². The molecular weight excluding hydrogens is 346 g/mol. The van der Waals surface area contributed by atoms with E-state index in [1.54, 1.807) is 31.9 Å². The fourth-order valence-corrected chi connectivity index (χ4v) is 3.13. The van der Waals surface area contributed by atoms with Crippen molar-refractivity contribution in [2.45, 2.75) is 27.2 Å². The molecule has 1 aromatic carbocycles. The molecule has 0 spiro atoms. The lowest BCUT2D eigenvalue weighted by molar-refractivity contribution is -0.142. The number of carbonyl (C=O) groups is 1. The summed E-state index contributed by atoms with van der Waals surface area (Å²) in [6.07, 6.45) is 1.95. The molecule has 0 saturated carbocycles. The molecule has 0 radical (unpaired) electrons. The number of hydrogen-bond acceptors (Lipinski definition) is 6. The van der Waals surface area contributed by atoms with Gasteiger partial charge in [-0.05, 0) is 38.5 Å². The van der Waals surface area contributed by atoms with Gasteiger partial charge < -0.3 is 14.2 Å². The lowest BCUT2D eigenvalue weighted by atomic mass is 10.1. The Hall–Kier alpha value is -3.09. The van der Waals surface area contributed by atoms with Crippen LogP contribution in [0, 0.1) is 13.8 Å². The topological polar surface area (TPSA) is 75.0 Å². The van der Waals surface area contributed by atoms with Gasteiger partial charge in [0.2, 0.25) is 0 Å². The van der Waals surface area contributed by atoms with E-state index < -0.39 is 0 Å². The largest absolute Gasteiger partial charge is 0.493 e. The van der Waals surface area contributed by atoms with Crippen LogP contribution in [0.1, 0.15) is 23.9 Å². The summed E-state index contributed by atoms with van der Waals surface area (Å²) < 4.78 is 17.5. The highest BCUT2D eigenvalue weighted by Crippen LogP contribution is 2.34. The number of ether oxygens (including phenoxy) is 3. The van der Waals surface area contributed by atoms with Gasteiger partial charge in [0, 0.05) is 22.5 Å². The van der Waals surface area contributed by atoms with E-state index in [9.17, 15) is 4.79 Å². The van der Waals surface area contributed by atoms with Gasteiger partial charge >= 0.3 is 5.97 Å². The number of fused-ring (bicyclic) bond motifs is 1. The van der Waals surface area contributed by atoms with Gasteiger partial charge in [-0.3, -0.25) is 4.79 Å². The number of benzene rings is 1. The molecule has 0 unspecified atom stereocenters. The maximum Gasteiger partial charge on any atom is 0.310 e. The summed E-state index contributed by atoms with van der Waals surface area (Å²) in [5.41, 5.74) is 5.03. The van der Waals surface area contributed by atoms with Crippen molar-refractivity contribution >= 4 is 11.6 Å². The molecular formula is C20H23N3O4. The number of nitrogens with zero attached hydrogens (tertiary/aromatic N) is 3. The maximum atomic E-state index is 11.9. The van der Waals surface area contributed by atoms with Crippen molar-refractivity contribution in [2.75, 3.05) is 20.8 Å². The molecule has 27 heavy (non-hydrogen) atoms. The molecule has 2 aromatic heterocycles. The van der Waals surface area contributed by atoms with Crippen molar-refractivity contribution in [3.63, 3.8) is 0 Å². The van der Waals surface area contributed by atoms with Crippen molar-refractivity contribution in [2.24, 2.45) is 0 Å². The minimum Gasteiger partial charge on any atom is -0.493 e. The Bertz CT molecular complexity index is 995. The highest BCUT2D eigenvalue weighted by molar-refractivity contribution is 5.79. The minimum atomic E-state index is -0.267. The Kier molecular flexibility index (Phi) is 5.30. The van der Waals surface area contributed by atoms with Crippen LogP contribution in [0.2, 0.25) is 0 Å². The number of carbonyl (C=O) groups excluding carboxylic acids is 1. The summed E-state index contributed by atoms with van der Waals surface area (Å²) in [6.45, 7) is 5.98. The molecule has 0 aliphatic carbocycles. The smallest absolute Gasteiger partial charge is 0.310 e. The summed E-state index contributed by atoms with van der Waals surface area (Å²) in [6, 6.07) is 5.69. The lowest BCUT2D eigenvalue weighted by Gasteiger charge is -2.12. The molecule has 0 aliphatic heterocycles. The van der Waals surface area contributed by atoms with Gasteiger partial charge in [0.15, 0.2) is 17.1 Å². The zero-order valence-electron chi connectivity index (χ0n) is 16.2. The van der Waals surface area contributed by atoms with Crippen LogP contribution in [0.25, 0.3) is 16.8 Å². The average molecular weight is 369 g/mol. The molecule has 0 aliphatic rings. The Morgan fingerprint density at radius 1 is 1.15 bits per heavy atom. The third-order valence-electron chi connectivity index (χ3n) is 4.53. The molecule has 142 valence electrons. The number of hydrogen-bond donors (Lipinski definition) is 0. The van der Waals surface area contributed by atoms with Crippen molar-refractivity contribution in [1.29, 1.82) is 0 Å². The van der Waals surface area contributed by atoms with Crippen LogP contribution in [0.3, 0.4) is 0 Å².